The van der Waals surface area contributed by atoms with Gasteiger partial charge in [-0.25, -0.2) is 0 Å². The maximum absolute atomic E-state index is 6.19. The first-order valence-electron chi connectivity index (χ1n) is 6.29. The van der Waals surface area contributed by atoms with E-state index in [0.717, 1.165) is 6.42 Å². The van der Waals surface area contributed by atoms with E-state index >= 15 is 0 Å². The zero-order valence-corrected chi connectivity index (χ0v) is 10.2. The van der Waals surface area contributed by atoms with Crippen LogP contribution in [0.5, 0.6) is 0 Å². The second-order valence-corrected chi connectivity index (χ2v) is 4.66. The van der Waals surface area contributed by atoms with E-state index in [1.807, 2.05) is 0 Å². The number of hydrogen-bond donors (Lipinski definition) is 0. The summed E-state index contributed by atoms with van der Waals surface area (Å²) < 4.78 is 6.19. The van der Waals surface area contributed by atoms with Crippen LogP contribution in [0, 0.1) is 0 Å². The van der Waals surface area contributed by atoms with Crippen molar-refractivity contribution in [3.63, 3.8) is 0 Å². The van der Waals surface area contributed by atoms with Crippen LogP contribution in [0.3, 0.4) is 0 Å². The van der Waals surface area contributed by atoms with Crippen LogP contribution >= 0.6 is 0 Å². The summed E-state index contributed by atoms with van der Waals surface area (Å²) in [7, 11) is 0. The molecule has 0 aromatic carbocycles. The van der Waals surface area contributed by atoms with Crippen molar-refractivity contribution in [3.8, 4) is 0 Å². The van der Waals surface area contributed by atoms with Crippen molar-refractivity contribution in [1.82, 2.24) is 0 Å². The maximum Gasteiger partial charge on any atom is 0.0829 e. The zero-order chi connectivity index (χ0) is 10.8. The summed E-state index contributed by atoms with van der Waals surface area (Å²) in [5.74, 6) is 0. The van der Waals surface area contributed by atoms with Gasteiger partial charge in [0.2, 0.25) is 0 Å². The third-order valence-corrected chi connectivity index (χ3v) is 3.82. The largest absolute Gasteiger partial charge is 0.366 e. The molecule has 1 aliphatic carbocycles. The molecule has 2 aliphatic rings. The van der Waals surface area contributed by atoms with E-state index in [2.05, 4.69) is 26.8 Å². The van der Waals surface area contributed by atoms with Crippen LogP contribution in [0.1, 0.15) is 52.9 Å². The highest BCUT2D eigenvalue weighted by molar-refractivity contribution is 5.41. The third kappa shape index (κ3) is 1.90. The van der Waals surface area contributed by atoms with Crippen LogP contribution in [0.4, 0.5) is 0 Å². The van der Waals surface area contributed by atoms with Crippen LogP contribution in [0.15, 0.2) is 22.8 Å². The predicted octanol–water partition coefficient (Wildman–Crippen LogP) is 4.00. The quantitative estimate of drug-likeness (QED) is 0.630. The van der Waals surface area contributed by atoms with Gasteiger partial charge in [0.1, 0.15) is 0 Å². The van der Waals surface area contributed by atoms with Gasteiger partial charge in [-0.3, -0.25) is 0 Å². The summed E-state index contributed by atoms with van der Waals surface area (Å²) in [5, 5.41) is 0. The monoisotopic (exact) mass is 206 g/mol. The van der Waals surface area contributed by atoms with Crippen molar-refractivity contribution in [3.05, 3.63) is 22.8 Å². The molecule has 15 heavy (non-hydrogen) atoms. The minimum Gasteiger partial charge on any atom is -0.366 e. The van der Waals surface area contributed by atoms with Crippen LogP contribution in [-0.4, -0.2) is 12.2 Å². The molecule has 1 nitrogen and oxygen atoms in total. The van der Waals surface area contributed by atoms with Crippen molar-refractivity contribution in [1.29, 1.82) is 0 Å². The molecule has 0 spiro atoms. The summed E-state index contributed by atoms with van der Waals surface area (Å²) >= 11 is 0. The molecule has 2 atom stereocenters. The fourth-order valence-corrected chi connectivity index (χ4v) is 2.98. The van der Waals surface area contributed by atoms with Crippen LogP contribution < -0.4 is 0 Å². The lowest BCUT2D eigenvalue weighted by Crippen LogP contribution is -2.33. The molecule has 0 unspecified atom stereocenters. The molecule has 0 saturated heterocycles. The summed E-state index contributed by atoms with van der Waals surface area (Å²) in [6, 6.07) is 0. The fraction of sp³-hybridized carbons (Fsp3) is 0.714. The normalized spacial score (nSPS) is 34.5. The first kappa shape index (κ1) is 10.9. The number of ether oxygens (including phenoxy) is 1. The van der Waals surface area contributed by atoms with Crippen molar-refractivity contribution >= 4 is 0 Å². The highest BCUT2D eigenvalue weighted by Gasteiger charge is 2.31. The molecule has 1 saturated carbocycles. The zero-order valence-electron chi connectivity index (χ0n) is 10.2. The van der Waals surface area contributed by atoms with E-state index in [9.17, 15) is 0 Å². The fourth-order valence-electron chi connectivity index (χ4n) is 2.98. The predicted molar refractivity (Wildman–Crippen MR) is 63.9 cm³/mol. The van der Waals surface area contributed by atoms with Gasteiger partial charge in [-0.05, 0) is 56.3 Å². The minimum atomic E-state index is 0.349. The lowest BCUT2D eigenvalue weighted by molar-refractivity contribution is 0.00529. The number of allylic oxidation sites excluding steroid dienone is 1. The number of hydrogen-bond acceptors (Lipinski definition) is 1. The molecule has 0 amide bonds. The third-order valence-electron chi connectivity index (χ3n) is 3.82. The average Bonchev–Trinajstić information content (AvgIpc) is 2.29. The molecule has 0 N–H and O–H groups in total. The Hall–Kier alpha value is -0.560. The van der Waals surface area contributed by atoms with E-state index < -0.39 is 0 Å². The Bertz CT molecular complexity index is 298. The molecule has 1 heteroatoms. The number of rotatable bonds is 1. The Labute approximate surface area is 93.2 Å². The van der Waals surface area contributed by atoms with Gasteiger partial charge in [0.05, 0.1) is 12.2 Å². The first-order valence-corrected chi connectivity index (χ1v) is 6.29. The van der Waals surface area contributed by atoms with E-state index in [1.165, 1.54) is 36.8 Å². The Morgan fingerprint density at radius 3 is 2.87 bits per heavy atom. The molecule has 2 rings (SSSR count). The lowest BCUT2D eigenvalue weighted by Gasteiger charge is -2.37. The Morgan fingerprint density at radius 2 is 2.20 bits per heavy atom. The Kier molecular flexibility index (Phi) is 3.30. The van der Waals surface area contributed by atoms with Gasteiger partial charge in [-0.2, -0.15) is 0 Å². The first-order chi connectivity index (χ1) is 7.27. The molecule has 0 aromatic heterocycles. The summed E-state index contributed by atoms with van der Waals surface area (Å²) in [4.78, 5) is 0. The Morgan fingerprint density at radius 1 is 1.40 bits per heavy atom. The van der Waals surface area contributed by atoms with Gasteiger partial charge in [-0.15, -0.1) is 0 Å². The SMILES string of the molecule is C/C=C1\C(C)=C2CCCC[C@H]2O[C@H]1CC. The van der Waals surface area contributed by atoms with Gasteiger partial charge in [0.15, 0.2) is 0 Å². The van der Waals surface area contributed by atoms with Crippen molar-refractivity contribution in [2.24, 2.45) is 0 Å². The summed E-state index contributed by atoms with van der Waals surface area (Å²) in [5.41, 5.74) is 4.55. The second-order valence-electron chi connectivity index (χ2n) is 4.66. The summed E-state index contributed by atoms with van der Waals surface area (Å²) in [6.45, 7) is 6.64. The van der Waals surface area contributed by atoms with Gasteiger partial charge in [0, 0.05) is 0 Å². The molecule has 0 radical (unpaired) electrons. The van der Waals surface area contributed by atoms with Gasteiger partial charge in [-0.1, -0.05) is 19.4 Å². The average molecular weight is 206 g/mol. The number of fused-ring (bicyclic) bond motifs is 1. The molecular weight excluding hydrogens is 184 g/mol. The molecule has 84 valence electrons. The van der Waals surface area contributed by atoms with Crippen LogP contribution in [0.25, 0.3) is 0 Å². The van der Waals surface area contributed by atoms with E-state index in [1.54, 1.807) is 5.57 Å². The van der Waals surface area contributed by atoms with Gasteiger partial charge in [0.25, 0.3) is 0 Å². The standard InChI is InChI=1S/C14H22O/c1-4-11-10(3)12-8-6-7-9-14(12)15-13(11)5-2/h4,13-14H,5-9H2,1-3H3/b11-4+/t13-,14+/m0/s1. The van der Waals surface area contributed by atoms with Gasteiger partial charge < -0.3 is 4.74 Å². The van der Waals surface area contributed by atoms with Crippen molar-refractivity contribution in [2.75, 3.05) is 0 Å². The lowest BCUT2D eigenvalue weighted by atomic mass is 9.82. The highest BCUT2D eigenvalue weighted by Crippen LogP contribution is 2.38. The molecule has 1 aliphatic heterocycles. The van der Waals surface area contributed by atoms with E-state index in [-0.39, 0.29) is 0 Å². The van der Waals surface area contributed by atoms with Crippen molar-refractivity contribution in [2.45, 2.75) is 65.1 Å². The summed E-state index contributed by atoms with van der Waals surface area (Å²) in [6.07, 6.45) is 9.30. The molecule has 1 fully saturated rings. The molecule has 0 bridgehead atoms. The molecular formula is C14H22O. The smallest absolute Gasteiger partial charge is 0.0829 e. The van der Waals surface area contributed by atoms with Crippen molar-refractivity contribution < 1.29 is 4.74 Å². The Balaban J connectivity index is 2.33. The topological polar surface area (TPSA) is 9.23 Å². The van der Waals surface area contributed by atoms with Crippen LogP contribution in [-0.2, 0) is 4.74 Å². The highest BCUT2D eigenvalue weighted by atomic mass is 16.5. The minimum absolute atomic E-state index is 0.349. The second kappa shape index (κ2) is 4.52. The maximum atomic E-state index is 6.19. The molecule has 0 aromatic rings. The van der Waals surface area contributed by atoms with E-state index in [4.69, 9.17) is 4.74 Å². The van der Waals surface area contributed by atoms with E-state index in [0.29, 0.717) is 12.2 Å². The molecule has 1 heterocycles. The van der Waals surface area contributed by atoms with Crippen LogP contribution in [0.2, 0.25) is 0 Å². The van der Waals surface area contributed by atoms with Gasteiger partial charge >= 0.3 is 0 Å².